The average Bonchev–Trinajstić information content (AvgIpc) is 2.74. The third-order valence-corrected chi connectivity index (χ3v) is 4.38. The molecule has 142 valence electrons. The Kier molecular flexibility index (Phi) is 6.07. The molecule has 0 heterocycles. The van der Waals surface area contributed by atoms with Crippen molar-refractivity contribution < 1.29 is 9.59 Å². The van der Waals surface area contributed by atoms with Crippen LogP contribution >= 0.6 is 0 Å². The molecule has 5 heteroatoms. The standard InChI is InChI=1S/C23H23N3O2/c1-16-11-13-19(14-12-16)26-23(28)21(17-7-4-3-5-8-17)25-20-10-6-9-18(15-20)22(27)24-2/h3-15,21,25H,1-2H3,(H,24,27)(H,26,28). The molecule has 3 N–H and O–H groups in total. The summed E-state index contributed by atoms with van der Waals surface area (Å²) in [5.41, 5.74) is 3.91. The van der Waals surface area contributed by atoms with Crippen LogP contribution in [-0.4, -0.2) is 18.9 Å². The molecule has 0 saturated heterocycles. The minimum atomic E-state index is -0.609. The van der Waals surface area contributed by atoms with E-state index >= 15 is 0 Å². The van der Waals surface area contributed by atoms with Gasteiger partial charge in [-0.2, -0.15) is 0 Å². The van der Waals surface area contributed by atoms with Gasteiger partial charge in [0.1, 0.15) is 6.04 Å². The van der Waals surface area contributed by atoms with Gasteiger partial charge in [0.25, 0.3) is 11.8 Å². The molecule has 0 bridgehead atoms. The lowest BCUT2D eigenvalue weighted by molar-refractivity contribution is -0.117. The van der Waals surface area contributed by atoms with Crippen molar-refractivity contribution in [2.75, 3.05) is 17.7 Å². The summed E-state index contributed by atoms with van der Waals surface area (Å²) in [6, 6.07) is 23.6. The Balaban J connectivity index is 1.86. The molecule has 0 radical (unpaired) electrons. The summed E-state index contributed by atoms with van der Waals surface area (Å²) in [5, 5.41) is 8.82. The van der Waals surface area contributed by atoms with Crippen molar-refractivity contribution in [1.82, 2.24) is 5.32 Å². The summed E-state index contributed by atoms with van der Waals surface area (Å²) in [5.74, 6) is -0.357. The quantitative estimate of drug-likeness (QED) is 0.608. The Labute approximate surface area is 164 Å². The minimum Gasteiger partial charge on any atom is -0.370 e. The first-order valence-corrected chi connectivity index (χ1v) is 9.08. The second-order valence-corrected chi connectivity index (χ2v) is 6.50. The second-order valence-electron chi connectivity index (χ2n) is 6.50. The van der Waals surface area contributed by atoms with Crippen molar-refractivity contribution >= 4 is 23.2 Å². The van der Waals surface area contributed by atoms with Gasteiger partial charge in [-0.05, 0) is 42.8 Å². The van der Waals surface area contributed by atoms with Crippen LogP contribution in [0.2, 0.25) is 0 Å². The lowest BCUT2D eigenvalue weighted by Gasteiger charge is -2.20. The molecule has 3 aromatic carbocycles. The number of hydrogen-bond donors (Lipinski definition) is 3. The molecular formula is C23H23N3O2. The van der Waals surface area contributed by atoms with Crippen LogP contribution < -0.4 is 16.0 Å². The summed E-state index contributed by atoms with van der Waals surface area (Å²) in [6.07, 6.45) is 0. The molecular weight excluding hydrogens is 350 g/mol. The molecule has 0 aromatic heterocycles. The Bertz CT molecular complexity index is 953. The highest BCUT2D eigenvalue weighted by molar-refractivity contribution is 5.98. The molecule has 0 aliphatic rings. The fraction of sp³-hybridized carbons (Fsp3) is 0.130. The number of carbonyl (C=O) groups is 2. The SMILES string of the molecule is CNC(=O)c1cccc(NC(C(=O)Nc2ccc(C)cc2)c2ccccc2)c1. The maximum absolute atomic E-state index is 13.0. The Morgan fingerprint density at radius 2 is 1.54 bits per heavy atom. The smallest absolute Gasteiger partial charge is 0.251 e. The van der Waals surface area contributed by atoms with Crippen molar-refractivity contribution in [3.8, 4) is 0 Å². The maximum Gasteiger partial charge on any atom is 0.251 e. The van der Waals surface area contributed by atoms with E-state index in [9.17, 15) is 9.59 Å². The fourth-order valence-electron chi connectivity index (χ4n) is 2.86. The van der Waals surface area contributed by atoms with Crippen LogP contribution in [0.25, 0.3) is 0 Å². The molecule has 1 unspecified atom stereocenters. The number of rotatable bonds is 6. The largest absolute Gasteiger partial charge is 0.370 e. The van der Waals surface area contributed by atoms with Gasteiger partial charge in [-0.3, -0.25) is 9.59 Å². The van der Waals surface area contributed by atoms with Crippen molar-refractivity contribution in [3.63, 3.8) is 0 Å². The van der Waals surface area contributed by atoms with Crippen LogP contribution in [0.4, 0.5) is 11.4 Å². The Hall–Kier alpha value is -3.60. The molecule has 0 aliphatic carbocycles. The van der Waals surface area contributed by atoms with Crippen LogP contribution in [0.1, 0.15) is 27.5 Å². The number of aryl methyl sites for hydroxylation is 1. The van der Waals surface area contributed by atoms with Gasteiger partial charge in [0.05, 0.1) is 0 Å². The number of nitrogens with one attached hydrogen (secondary N) is 3. The van der Waals surface area contributed by atoms with Crippen molar-refractivity contribution in [3.05, 3.63) is 95.6 Å². The molecule has 5 nitrogen and oxygen atoms in total. The molecule has 0 saturated carbocycles. The molecule has 0 aliphatic heterocycles. The summed E-state index contributed by atoms with van der Waals surface area (Å²) in [4.78, 5) is 24.9. The number of amides is 2. The van der Waals surface area contributed by atoms with Gasteiger partial charge in [0.15, 0.2) is 0 Å². The van der Waals surface area contributed by atoms with Crippen molar-refractivity contribution in [1.29, 1.82) is 0 Å². The lowest BCUT2D eigenvalue weighted by Crippen LogP contribution is -2.27. The van der Waals surface area contributed by atoms with E-state index < -0.39 is 6.04 Å². The topological polar surface area (TPSA) is 70.2 Å². The highest BCUT2D eigenvalue weighted by atomic mass is 16.2. The zero-order chi connectivity index (χ0) is 19.9. The summed E-state index contributed by atoms with van der Waals surface area (Å²) < 4.78 is 0. The van der Waals surface area contributed by atoms with E-state index in [2.05, 4.69) is 16.0 Å². The predicted octanol–water partition coefficient (Wildman–Crippen LogP) is 4.15. The number of carbonyl (C=O) groups excluding carboxylic acids is 2. The second kappa shape index (κ2) is 8.86. The predicted molar refractivity (Wildman–Crippen MR) is 112 cm³/mol. The van der Waals surface area contributed by atoms with Gasteiger partial charge >= 0.3 is 0 Å². The number of anilines is 2. The monoisotopic (exact) mass is 373 g/mol. The van der Waals surface area contributed by atoms with E-state index in [1.807, 2.05) is 67.6 Å². The summed E-state index contributed by atoms with van der Waals surface area (Å²) in [6.45, 7) is 2.00. The third kappa shape index (κ3) is 4.76. The average molecular weight is 373 g/mol. The van der Waals surface area contributed by atoms with Gasteiger partial charge in [-0.1, -0.05) is 54.1 Å². The first-order valence-electron chi connectivity index (χ1n) is 9.08. The fourth-order valence-corrected chi connectivity index (χ4v) is 2.86. The molecule has 28 heavy (non-hydrogen) atoms. The highest BCUT2D eigenvalue weighted by Crippen LogP contribution is 2.22. The number of hydrogen-bond acceptors (Lipinski definition) is 3. The molecule has 3 aromatic rings. The first kappa shape index (κ1) is 19.2. The zero-order valence-corrected chi connectivity index (χ0v) is 15.9. The van der Waals surface area contributed by atoms with E-state index in [0.29, 0.717) is 11.3 Å². The highest BCUT2D eigenvalue weighted by Gasteiger charge is 2.21. The van der Waals surface area contributed by atoms with E-state index in [1.54, 1.807) is 25.2 Å². The van der Waals surface area contributed by atoms with E-state index in [4.69, 9.17) is 0 Å². The van der Waals surface area contributed by atoms with E-state index in [-0.39, 0.29) is 11.8 Å². The minimum absolute atomic E-state index is 0.177. The van der Waals surface area contributed by atoms with Gasteiger partial charge in [0.2, 0.25) is 0 Å². The van der Waals surface area contributed by atoms with Gasteiger partial charge in [-0.25, -0.2) is 0 Å². The van der Waals surface area contributed by atoms with Crippen LogP contribution in [0.3, 0.4) is 0 Å². The van der Waals surface area contributed by atoms with Crippen molar-refractivity contribution in [2.24, 2.45) is 0 Å². The van der Waals surface area contributed by atoms with Crippen LogP contribution in [0, 0.1) is 6.92 Å². The third-order valence-electron chi connectivity index (χ3n) is 4.38. The van der Waals surface area contributed by atoms with Gasteiger partial charge in [0, 0.05) is 24.0 Å². The van der Waals surface area contributed by atoms with Crippen LogP contribution in [0.5, 0.6) is 0 Å². The molecule has 3 rings (SSSR count). The molecule has 1 atom stereocenters. The maximum atomic E-state index is 13.0. The zero-order valence-electron chi connectivity index (χ0n) is 15.9. The van der Waals surface area contributed by atoms with Crippen molar-refractivity contribution in [2.45, 2.75) is 13.0 Å². The van der Waals surface area contributed by atoms with Gasteiger partial charge in [-0.15, -0.1) is 0 Å². The van der Waals surface area contributed by atoms with Crippen LogP contribution in [0.15, 0.2) is 78.9 Å². The summed E-state index contributed by atoms with van der Waals surface area (Å²) in [7, 11) is 1.59. The normalized spacial score (nSPS) is 11.4. The van der Waals surface area contributed by atoms with Gasteiger partial charge < -0.3 is 16.0 Å². The van der Waals surface area contributed by atoms with E-state index in [0.717, 1.165) is 16.8 Å². The summed E-state index contributed by atoms with van der Waals surface area (Å²) >= 11 is 0. The molecule has 0 fully saturated rings. The van der Waals surface area contributed by atoms with Crippen LogP contribution in [-0.2, 0) is 4.79 Å². The Morgan fingerprint density at radius 1 is 0.821 bits per heavy atom. The number of benzene rings is 3. The first-order chi connectivity index (χ1) is 13.6. The van der Waals surface area contributed by atoms with E-state index in [1.165, 1.54) is 0 Å². The Morgan fingerprint density at radius 3 is 2.21 bits per heavy atom. The molecule has 0 spiro atoms. The lowest BCUT2D eigenvalue weighted by atomic mass is 10.0. The molecule has 2 amide bonds.